The van der Waals surface area contributed by atoms with E-state index in [2.05, 4.69) is 45.3 Å². The van der Waals surface area contributed by atoms with E-state index in [1.54, 1.807) is 60.7 Å². The third-order valence-corrected chi connectivity index (χ3v) is 11.3. The van der Waals surface area contributed by atoms with E-state index in [9.17, 15) is 17.2 Å². The molecule has 8 rings (SSSR count). The first kappa shape index (κ1) is 40.8. The number of hydrogen-bond donors (Lipinski definition) is 3. The Kier molecular flexibility index (Phi) is 12.2. The Morgan fingerprint density at radius 3 is 1.83 bits per heavy atom. The number of benzene rings is 5. The van der Waals surface area contributed by atoms with Crippen LogP contribution in [0.5, 0.6) is 11.5 Å². The highest BCUT2D eigenvalue weighted by atomic mass is 32.2. The van der Waals surface area contributed by atoms with Gasteiger partial charge in [0.1, 0.15) is 11.0 Å². The summed E-state index contributed by atoms with van der Waals surface area (Å²) in [6, 6.07) is 23.5. The van der Waals surface area contributed by atoms with Crippen molar-refractivity contribution in [1.29, 1.82) is 0 Å². The normalized spacial score (nSPS) is 13.0. The van der Waals surface area contributed by atoms with Gasteiger partial charge in [0.05, 0.1) is 30.1 Å². The number of rotatable bonds is 11. The van der Waals surface area contributed by atoms with Crippen LogP contribution in [0.1, 0.15) is 24.0 Å². The molecule has 17 heteroatoms. The third kappa shape index (κ3) is 9.17. The Morgan fingerprint density at radius 2 is 1.27 bits per heavy atom. The third-order valence-electron chi connectivity index (χ3n) is 9.85. The molecule has 1 aliphatic rings. The number of anilines is 3. The number of aryl methyl sites for hydroxylation is 2. The van der Waals surface area contributed by atoms with Gasteiger partial charge in [-0.05, 0) is 123 Å². The quantitative estimate of drug-likeness (QED) is 0.121. The maximum absolute atomic E-state index is 14.8. The average molecular weight is 821 g/mol. The number of nitrogens with two attached hydrogens (primary N) is 1. The number of halogens is 2. The molecule has 0 spiro atoms. The van der Waals surface area contributed by atoms with E-state index < -0.39 is 21.7 Å². The molecule has 0 unspecified atom stereocenters. The fourth-order valence-corrected chi connectivity index (χ4v) is 7.88. The summed E-state index contributed by atoms with van der Waals surface area (Å²) in [6.07, 6.45) is 2.34. The average Bonchev–Trinajstić information content (AvgIpc) is 3.75. The van der Waals surface area contributed by atoms with E-state index in [0.717, 1.165) is 24.2 Å². The summed E-state index contributed by atoms with van der Waals surface area (Å²) in [6.45, 7) is 6.88. The molecule has 0 bridgehead atoms. The number of nitrogen functional groups attached to an aromatic ring is 1. The van der Waals surface area contributed by atoms with Gasteiger partial charge in [-0.1, -0.05) is 24.3 Å². The molecule has 14 nitrogen and oxygen atoms in total. The standard InChI is InChI=1S/C27H29FN6O3S.C15H13FN4O/c1-18-16-19(22-6-5-7-24(37-2)25(22)28)17-23-26(18)31-27(33-32-23)30-20-8-10-21(11-9-20)38(35,36)29-12-15-34-13-3-4-14-34;1-8-6-9(7-11-14(8)18-15(17)20-19-11)10-4-3-5-12(21-2)13(10)16/h5-11,16-17,29H,3-4,12-15H2,1-2H3,(H,30,31,33);3-7H,1-2H3,(H2,17,18,20). The maximum atomic E-state index is 14.8. The van der Waals surface area contributed by atoms with Crippen molar-refractivity contribution < 1.29 is 26.7 Å². The topological polar surface area (TPSA) is 183 Å². The van der Waals surface area contributed by atoms with Gasteiger partial charge in [0, 0.05) is 29.9 Å². The van der Waals surface area contributed by atoms with Crippen molar-refractivity contribution >= 4 is 49.7 Å². The summed E-state index contributed by atoms with van der Waals surface area (Å²) >= 11 is 0. The van der Waals surface area contributed by atoms with Crippen LogP contribution in [0, 0.1) is 25.5 Å². The lowest BCUT2D eigenvalue weighted by Gasteiger charge is -2.15. The SMILES string of the molecule is COc1cccc(-c2cc(C)c3nc(N)nnc3c2)c1F.COc1cccc(-c2cc(C)c3nc(Nc4ccc(S(=O)(=O)NCCN5CCCC5)cc4)nnc3c2)c1F. The number of sulfonamides is 1. The Bertz CT molecular complexity index is 2750. The predicted molar refractivity (Wildman–Crippen MR) is 223 cm³/mol. The first-order valence-electron chi connectivity index (χ1n) is 18.7. The summed E-state index contributed by atoms with van der Waals surface area (Å²) in [5.74, 6) is -0.103. The van der Waals surface area contributed by atoms with Gasteiger partial charge < -0.3 is 25.4 Å². The van der Waals surface area contributed by atoms with E-state index in [-0.39, 0.29) is 28.3 Å². The number of ether oxygens (including phenoxy) is 2. The van der Waals surface area contributed by atoms with Crippen molar-refractivity contribution in [2.75, 3.05) is 51.4 Å². The van der Waals surface area contributed by atoms with Crippen LogP contribution in [0.15, 0.2) is 89.8 Å². The molecule has 2 aromatic heterocycles. The molecule has 1 fully saturated rings. The molecule has 304 valence electrons. The molecule has 0 amide bonds. The van der Waals surface area contributed by atoms with Crippen LogP contribution in [0.4, 0.5) is 26.4 Å². The zero-order chi connectivity index (χ0) is 41.7. The zero-order valence-electron chi connectivity index (χ0n) is 32.8. The monoisotopic (exact) mass is 820 g/mol. The Hall–Kier alpha value is -6.43. The fraction of sp³-hybridized carbons (Fsp3) is 0.238. The molecular formula is C42H42F2N10O4S. The summed E-state index contributed by atoms with van der Waals surface area (Å²) in [5, 5.41) is 19.3. The molecule has 59 heavy (non-hydrogen) atoms. The van der Waals surface area contributed by atoms with Crippen LogP contribution in [-0.4, -0.2) is 84.1 Å². The maximum Gasteiger partial charge on any atom is 0.247 e. The second kappa shape index (κ2) is 17.6. The van der Waals surface area contributed by atoms with Gasteiger partial charge in [-0.2, -0.15) is 0 Å². The van der Waals surface area contributed by atoms with Crippen molar-refractivity contribution in [1.82, 2.24) is 40.0 Å². The smallest absolute Gasteiger partial charge is 0.247 e. The Morgan fingerprint density at radius 1 is 0.729 bits per heavy atom. The molecule has 0 aliphatic carbocycles. The molecule has 0 radical (unpaired) electrons. The Labute approximate surface area is 339 Å². The highest BCUT2D eigenvalue weighted by Gasteiger charge is 2.18. The van der Waals surface area contributed by atoms with Crippen LogP contribution in [-0.2, 0) is 10.0 Å². The fourth-order valence-electron chi connectivity index (χ4n) is 6.86. The second-order valence-corrected chi connectivity index (χ2v) is 15.6. The minimum atomic E-state index is -3.59. The number of nitrogens with one attached hydrogen (secondary N) is 2. The lowest BCUT2D eigenvalue weighted by Crippen LogP contribution is -2.33. The molecule has 7 aromatic rings. The van der Waals surface area contributed by atoms with Crippen molar-refractivity contribution in [2.24, 2.45) is 0 Å². The summed E-state index contributed by atoms with van der Waals surface area (Å²) in [4.78, 5) is 11.2. The molecule has 4 N–H and O–H groups in total. The van der Waals surface area contributed by atoms with E-state index in [1.165, 1.54) is 39.2 Å². The van der Waals surface area contributed by atoms with Crippen LogP contribution in [0.2, 0.25) is 0 Å². The highest BCUT2D eigenvalue weighted by molar-refractivity contribution is 7.89. The number of methoxy groups -OCH3 is 2. The van der Waals surface area contributed by atoms with Gasteiger partial charge in [-0.3, -0.25) is 0 Å². The van der Waals surface area contributed by atoms with Crippen molar-refractivity contribution in [3.63, 3.8) is 0 Å². The number of hydrogen-bond acceptors (Lipinski definition) is 13. The van der Waals surface area contributed by atoms with Crippen LogP contribution in [0.3, 0.4) is 0 Å². The van der Waals surface area contributed by atoms with E-state index in [1.807, 2.05) is 26.0 Å². The van der Waals surface area contributed by atoms with Crippen molar-refractivity contribution in [2.45, 2.75) is 31.6 Å². The zero-order valence-corrected chi connectivity index (χ0v) is 33.6. The number of fused-ring (bicyclic) bond motifs is 2. The minimum absolute atomic E-state index is 0.117. The number of nitrogens with zero attached hydrogens (tertiary/aromatic N) is 7. The predicted octanol–water partition coefficient (Wildman–Crippen LogP) is 7.00. The summed E-state index contributed by atoms with van der Waals surface area (Å²) in [5.41, 5.74) is 12.4. The van der Waals surface area contributed by atoms with Crippen molar-refractivity contribution in [3.8, 4) is 33.8 Å². The van der Waals surface area contributed by atoms with E-state index in [0.29, 0.717) is 63.1 Å². The first-order valence-corrected chi connectivity index (χ1v) is 20.2. The molecule has 1 saturated heterocycles. The van der Waals surface area contributed by atoms with Crippen LogP contribution in [0.25, 0.3) is 44.3 Å². The van der Waals surface area contributed by atoms with Gasteiger partial charge >= 0.3 is 0 Å². The van der Waals surface area contributed by atoms with Gasteiger partial charge in [-0.15, -0.1) is 20.4 Å². The van der Waals surface area contributed by atoms with Gasteiger partial charge in [-0.25, -0.2) is 31.9 Å². The summed E-state index contributed by atoms with van der Waals surface area (Å²) in [7, 11) is -0.729. The second-order valence-electron chi connectivity index (χ2n) is 13.9. The molecular weight excluding hydrogens is 779 g/mol. The molecule has 0 atom stereocenters. The van der Waals surface area contributed by atoms with Crippen LogP contribution < -0.4 is 25.2 Å². The highest BCUT2D eigenvalue weighted by Crippen LogP contribution is 2.33. The van der Waals surface area contributed by atoms with E-state index in [4.69, 9.17) is 15.2 Å². The molecule has 5 aromatic carbocycles. The number of aromatic nitrogens is 6. The largest absolute Gasteiger partial charge is 0.494 e. The van der Waals surface area contributed by atoms with Gasteiger partial charge in [0.2, 0.25) is 21.9 Å². The van der Waals surface area contributed by atoms with Gasteiger partial charge in [0.25, 0.3) is 0 Å². The van der Waals surface area contributed by atoms with E-state index >= 15 is 0 Å². The molecule has 3 heterocycles. The lowest BCUT2D eigenvalue weighted by molar-refractivity contribution is 0.344. The number of likely N-dealkylation sites (tertiary alicyclic amines) is 1. The van der Waals surface area contributed by atoms with Crippen LogP contribution >= 0.6 is 0 Å². The minimum Gasteiger partial charge on any atom is -0.494 e. The van der Waals surface area contributed by atoms with Crippen molar-refractivity contribution in [3.05, 3.63) is 108 Å². The Balaban J connectivity index is 0.000000212. The first-order chi connectivity index (χ1) is 28.4. The molecule has 0 saturated carbocycles. The summed E-state index contributed by atoms with van der Waals surface area (Å²) < 4.78 is 67.2. The van der Waals surface area contributed by atoms with Gasteiger partial charge in [0.15, 0.2) is 23.1 Å². The lowest BCUT2D eigenvalue weighted by atomic mass is 10.0. The molecule has 1 aliphatic heterocycles.